The molecule has 2 aromatic rings. The first kappa shape index (κ1) is 32.9. The number of amides is 2. The van der Waals surface area contributed by atoms with Crippen LogP contribution in [0.3, 0.4) is 0 Å². The predicted octanol–water partition coefficient (Wildman–Crippen LogP) is 6.36. The van der Waals surface area contributed by atoms with E-state index in [1.807, 2.05) is 6.07 Å². The minimum absolute atomic E-state index is 0.0315. The van der Waals surface area contributed by atoms with Gasteiger partial charge in [-0.2, -0.15) is 26.3 Å². The first-order valence-electron chi connectivity index (χ1n) is 14.0. The Morgan fingerprint density at radius 2 is 1.44 bits per heavy atom. The molecule has 0 radical (unpaired) electrons. The largest absolute Gasteiger partial charge is 0.430 e. The van der Waals surface area contributed by atoms with Gasteiger partial charge in [-0.25, -0.2) is 0 Å². The lowest BCUT2D eigenvalue weighted by Crippen LogP contribution is -2.57. The molecule has 2 fully saturated rings. The summed E-state index contributed by atoms with van der Waals surface area (Å²) in [5.41, 5.74) is -5.28. The fourth-order valence-electron chi connectivity index (χ4n) is 5.94. The molecule has 0 spiro atoms. The molecule has 236 valence electrons. The quantitative estimate of drug-likeness (QED) is 0.377. The van der Waals surface area contributed by atoms with Gasteiger partial charge in [-0.1, -0.05) is 23.7 Å². The van der Waals surface area contributed by atoms with Crippen LogP contribution in [0.4, 0.5) is 32.0 Å². The predicted molar refractivity (Wildman–Crippen MR) is 150 cm³/mol. The van der Waals surface area contributed by atoms with Crippen LogP contribution >= 0.6 is 11.6 Å². The molecule has 43 heavy (non-hydrogen) atoms. The fourth-order valence-corrected chi connectivity index (χ4v) is 6.20. The highest BCUT2D eigenvalue weighted by Gasteiger charge is 2.62. The van der Waals surface area contributed by atoms with Crippen LogP contribution in [-0.2, 0) is 16.6 Å². The van der Waals surface area contributed by atoms with Crippen molar-refractivity contribution in [2.45, 2.75) is 50.1 Å². The van der Waals surface area contributed by atoms with E-state index in [-0.39, 0.29) is 31.0 Å². The highest BCUT2D eigenvalue weighted by atomic mass is 35.5. The van der Waals surface area contributed by atoms with Crippen molar-refractivity contribution in [2.75, 3.05) is 45.2 Å². The summed E-state index contributed by atoms with van der Waals surface area (Å²) in [5, 5.41) is 11.0. The summed E-state index contributed by atoms with van der Waals surface area (Å²) < 4.78 is 81.7. The number of anilines is 1. The van der Waals surface area contributed by atoms with Gasteiger partial charge in [-0.05, 0) is 74.3 Å². The van der Waals surface area contributed by atoms with Gasteiger partial charge in [0.05, 0.1) is 16.1 Å². The molecule has 0 saturated carbocycles. The number of halogens is 7. The first-order chi connectivity index (χ1) is 20.0. The maximum absolute atomic E-state index is 14.1. The van der Waals surface area contributed by atoms with Crippen molar-refractivity contribution in [1.29, 1.82) is 0 Å². The van der Waals surface area contributed by atoms with Crippen molar-refractivity contribution in [3.05, 3.63) is 64.2 Å². The highest BCUT2D eigenvalue weighted by Crippen LogP contribution is 2.43. The van der Waals surface area contributed by atoms with Crippen LogP contribution < -0.4 is 4.90 Å². The van der Waals surface area contributed by atoms with E-state index in [1.165, 1.54) is 4.90 Å². The number of likely N-dealkylation sites (tertiary alicyclic amines) is 1. The molecular formula is C30H34ClF6N3O3. The molecule has 1 N–H and O–H groups in total. The van der Waals surface area contributed by atoms with Gasteiger partial charge in [-0.3, -0.25) is 9.59 Å². The maximum atomic E-state index is 14.1. The van der Waals surface area contributed by atoms with E-state index >= 15 is 0 Å². The van der Waals surface area contributed by atoms with Crippen LogP contribution in [0.5, 0.6) is 0 Å². The van der Waals surface area contributed by atoms with E-state index in [1.54, 1.807) is 26.2 Å². The number of piperidine rings is 2. The van der Waals surface area contributed by atoms with E-state index in [4.69, 9.17) is 11.6 Å². The molecule has 0 bridgehead atoms. The number of benzene rings is 2. The monoisotopic (exact) mass is 633 g/mol. The van der Waals surface area contributed by atoms with Gasteiger partial charge in [0.25, 0.3) is 17.4 Å². The highest BCUT2D eigenvalue weighted by molar-refractivity contribution is 6.34. The smallest absolute Gasteiger partial charge is 0.371 e. The first-order valence-corrected chi connectivity index (χ1v) is 14.4. The van der Waals surface area contributed by atoms with Crippen molar-refractivity contribution in [3.8, 4) is 0 Å². The summed E-state index contributed by atoms with van der Waals surface area (Å²) in [6.07, 6.45) is -6.99. The normalized spacial score (nSPS) is 18.8. The second kappa shape index (κ2) is 12.6. The second-order valence-corrected chi connectivity index (χ2v) is 12.0. The molecule has 6 nitrogen and oxygen atoms in total. The molecule has 13 heteroatoms. The lowest BCUT2D eigenvalue weighted by molar-refractivity contribution is -0.262. The summed E-state index contributed by atoms with van der Waals surface area (Å²) in [6, 6.07) is 7.56. The number of nitrogens with zero attached hydrogens (tertiary/aromatic N) is 3. The summed E-state index contributed by atoms with van der Waals surface area (Å²) in [5.74, 6) is -1.30. The molecule has 4 rings (SSSR count). The minimum atomic E-state index is -5.52. The van der Waals surface area contributed by atoms with Gasteiger partial charge in [0.15, 0.2) is 0 Å². The third-order valence-corrected chi connectivity index (χ3v) is 8.78. The van der Waals surface area contributed by atoms with E-state index < -0.39 is 35.0 Å². The molecule has 2 heterocycles. The SMILES string of the molecule is CN(C)C(=O)c1ccc(N2CCC(CC3CCN(C(=O)C(O)(c4cccc(C(F)(F)F)c4)C(F)(F)F)CC3)CC2)cc1Cl. The Morgan fingerprint density at radius 3 is 1.95 bits per heavy atom. The van der Waals surface area contributed by atoms with Crippen molar-refractivity contribution < 1.29 is 41.0 Å². The lowest BCUT2D eigenvalue weighted by atomic mass is 9.82. The number of hydrogen-bond acceptors (Lipinski definition) is 4. The molecule has 0 aromatic heterocycles. The number of alkyl halides is 6. The van der Waals surface area contributed by atoms with Crippen LogP contribution in [0.2, 0.25) is 5.02 Å². The molecule has 1 atom stereocenters. The van der Waals surface area contributed by atoms with Gasteiger partial charge in [0.1, 0.15) is 0 Å². The van der Waals surface area contributed by atoms with E-state index in [0.717, 1.165) is 49.0 Å². The van der Waals surface area contributed by atoms with Crippen molar-refractivity contribution in [1.82, 2.24) is 9.80 Å². The average molecular weight is 634 g/mol. The number of hydrogen-bond donors (Lipinski definition) is 1. The third-order valence-electron chi connectivity index (χ3n) is 8.46. The van der Waals surface area contributed by atoms with Gasteiger partial charge in [-0.15, -0.1) is 0 Å². The zero-order valence-corrected chi connectivity index (χ0v) is 24.6. The third kappa shape index (κ3) is 7.06. The Bertz CT molecular complexity index is 1320. The fraction of sp³-hybridized carbons (Fsp3) is 0.533. The number of rotatable bonds is 6. The van der Waals surface area contributed by atoms with Gasteiger partial charge >= 0.3 is 12.4 Å². The zero-order chi connectivity index (χ0) is 31.7. The molecule has 0 aliphatic carbocycles. The molecular weight excluding hydrogens is 600 g/mol. The molecule has 1 unspecified atom stereocenters. The Morgan fingerprint density at radius 1 is 0.884 bits per heavy atom. The van der Waals surface area contributed by atoms with Crippen LogP contribution in [-0.4, -0.2) is 73.2 Å². The number of aliphatic hydroxyl groups is 1. The Labute approximate surface area is 251 Å². The minimum Gasteiger partial charge on any atom is -0.371 e. The summed E-state index contributed by atoms with van der Waals surface area (Å²) in [7, 11) is 3.31. The molecule has 2 aromatic carbocycles. The Hall–Kier alpha value is -2.99. The van der Waals surface area contributed by atoms with E-state index in [0.29, 0.717) is 41.5 Å². The molecule has 2 amide bonds. The van der Waals surface area contributed by atoms with Crippen LogP contribution in [0.15, 0.2) is 42.5 Å². The van der Waals surface area contributed by atoms with Gasteiger partial charge in [0.2, 0.25) is 0 Å². The van der Waals surface area contributed by atoms with Crippen molar-refractivity contribution in [3.63, 3.8) is 0 Å². The maximum Gasteiger partial charge on any atom is 0.430 e. The van der Waals surface area contributed by atoms with Crippen LogP contribution in [0, 0.1) is 11.8 Å². The van der Waals surface area contributed by atoms with E-state index in [2.05, 4.69) is 4.90 Å². The Kier molecular flexibility index (Phi) is 9.61. The van der Waals surface area contributed by atoms with E-state index in [9.17, 15) is 41.0 Å². The summed E-state index contributed by atoms with van der Waals surface area (Å²) in [4.78, 5) is 29.9. The zero-order valence-electron chi connectivity index (χ0n) is 23.8. The van der Waals surface area contributed by atoms with Crippen LogP contribution in [0.25, 0.3) is 0 Å². The summed E-state index contributed by atoms with van der Waals surface area (Å²) in [6.45, 7) is 1.48. The number of carbonyl (C=O) groups is 2. The Balaban J connectivity index is 1.33. The lowest BCUT2D eigenvalue weighted by Gasteiger charge is -2.40. The topological polar surface area (TPSA) is 64.1 Å². The molecule has 2 aliphatic rings. The summed E-state index contributed by atoms with van der Waals surface area (Å²) >= 11 is 6.37. The van der Waals surface area contributed by atoms with Gasteiger partial charge < -0.3 is 19.8 Å². The standard InChI is InChI=1S/C30H34ClF6N3O3/c1-38(2)26(41)24-7-6-23(18-25(24)31)39-12-8-19(9-13-39)16-20-10-14-40(15-11-20)27(42)28(43,30(35,36)37)21-4-3-5-22(17-21)29(32,33)34/h3-7,17-20,43H,8-16H2,1-2H3. The molecule has 2 saturated heterocycles. The van der Waals surface area contributed by atoms with Crippen molar-refractivity contribution in [2.24, 2.45) is 11.8 Å². The van der Waals surface area contributed by atoms with Crippen molar-refractivity contribution >= 4 is 29.1 Å². The van der Waals surface area contributed by atoms with Crippen LogP contribution in [0.1, 0.15) is 53.6 Å². The van der Waals surface area contributed by atoms with Gasteiger partial charge in [0, 0.05) is 51.5 Å². The molecule has 2 aliphatic heterocycles. The average Bonchev–Trinajstić information content (AvgIpc) is 2.95. The second-order valence-electron chi connectivity index (χ2n) is 11.6. The number of carbonyl (C=O) groups excluding carboxylic acids is 2.